The van der Waals surface area contributed by atoms with Crippen molar-refractivity contribution in [2.24, 2.45) is 0 Å². The Bertz CT molecular complexity index is 3070. The molecular weight excluding hydrogens is 649 g/mol. The molecule has 1 spiro atoms. The van der Waals surface area contributed by atoms with Crippen LogP contribution in [-0.2, 0) is 5.41 Å². The Hall–Kier alpha value is -7.04. The molecule has 4 heteroatoms. The van der Waals surface area contributed by atoms with Crippen LogP contribution in [0.4, 0.5) is 17.1 Å². The fraction of sp³-hybridized carbons (Fsp3) is 0.0204. The second-order valence-electron chi connectivity index (χ2n) is 14.1. The van der Waals surface area contributed by atoms with E-state index in [4.69, 9.17) is 9.15 Å². The molecule has 2 aliphatic rings. The molecule has 0 atom stereocenters. The number of furan rings is 1. The lowest BCUT2D eigenvalue weighted by atomic mass is 9.61. The predicted molar refractivity (Wildman–Crippen MR) is 215 cm³/mol. The first kappa shape index (κ1) is 28.6. The van der Waals surface area contributed by atoms with Gasteiger partial charge < -0.3 is 18.6 Å². The zero-order valence-electron chi connectivity index (χ0n) is 28.5. The van der Waals surface area contributed by atoms with Crippen LogP contribution in [0.5, 0.6) is 11.5 Å². The molecule has 10 aromatic rings. The van der Waals surface area contributed by atoms with E-state index in [2.05, 4.69) is 179 Å². The maximum absolute atomic E-state index is 6.98. The van der Waals surface area contributed by atoms with E-state index in [0.717, 1.165) is 83.7 Å². The molecule has 0 unspecified atom stereocenters. The molecule has 0 bridgehead atoms. The Kier molecular flexibility index (Phi) is 5.67. The van der Waals surface area contributed by atoms with Crippen molar-refractivity contribution in [2.45, 2.75) is 5.41 Å². The van der Waals surface area contributed by atoms with E-state index >= 15 is 0 Å². The van der Waals surface area contributed by atoms with Gasteiger partial charge in [-0.3, -0.25) is 0 Å². The number of hydrogen-bond donors (Lipinski definition) is 0. The Balaban J connectivity index is 1.22. The van der Waals surface area contributed by atoms with Gasteiger partial charge >= 0.3 is 0 Å². The second-order valence-corrected chi connectivity index (χ2v) is 14.1. The van der Waals surface area contributed by atoms with E-state index in [1.165, 1.54) is 16.5 Å². The molecule has 0 fully saturated rings. The first-order valence-electron chi connectivity index (χ1n) is 18.1. The van der Waals surface area contributed by atoms with Crippen LogP contribution in [0, 0.1) is 0 Å². The van der Waals surface area contributed by atoms with E-state index in [9.17, 15) is 0 Å². The Morgan fingerprint density at radius 1 is 0.377 bits per heavy atom. The molecule has 0 aliphatic carbocycles. The van der Waals surface area contributed by atoms with Crippen LogP contribution in [0.25, 0.3) is 49.4 Å². The SMILES string of the molecule is c1ccc(N2c3ccccc3C3(c4ccccc4Oc4cc5c6ccccc6n(-c6ccc7oc8ccccc8c7c6)c5cc43)c3ccccc32)cc1. The van der Waals surface area contributed by atoms with Gasteiger partial charge in [-0.2, -0.15) is 0 Å². The minimum absolute atomic E-state index is 0.664. The van der Waals surface area contributed by atoms with Gasteiger partial charge in [0.15, 0.2) is 0 Å². The molecule has 0 amide bonds. The molecule has 2 aromatic heterocycles. The largest absolute Gasteiger partial charge is 0.457 e. The van der Waals surface area contributed by atoms with Crippen LogP contribution in [0.3, 0.4) is 0 Å². The molecule has 0 saturated carbocycles. The van der Waals surface area contributed by atoms with E-state index in [1.54, 1.807) is 0 Å². The van der Waals surface area contributed by atoms with Crippen molar-refractivity contribution in [2.75, 3.05) is 4.90 Å². The number of benzene rings is 8. The highest BCUT2D eigenvalue weighted by molar-refractivity contribution is 6.12. The van der Waals surface area contributed by atoms with Crippen molar-refractivity contribution in [1.29, 1.82) is 0 Å². The summed E-state index contributed by atoms with van der Waals surface area (Å²) in [5.74, 6) is 1.74. The Morgan fingerprint density at radius 2 is 1.02 bits per heavy atom. The Morgan fingerprint density at radius 3 is 1.83 bits per heavy atom. The van der Waals surface area contributed by atoms with Crippen molar-refractivity contribution in [3.05, 3.63) is 204 Å². The van der Waals surface area contributed by atoms with Gasteiger partial charge in [-0.25, -0.2) is 0 Å². The zero-order valence-corrected chi connectivity index (χ0v) is 28.5. The lowest BCUT2D eigenvalue weighted by molar-refractivity contribution is 0.435. The number of aromatic nitrogens is 1. The maximum atomic E-state index is 6.98. The molecule has 0 N–H and O–H groups in total. The number of fused-ring (bicyclic) bond motifs is 14. The monoisotopic (exact) mass is 678 g/mol. The first-order valence-corrected chi connectivity index (χ1v) is 18.1. The van der Waals surface area contributed by atoms with Gasteiger partial charge in [0.2, 0.25) is 0 Å². The number of hydrogen-bond acceptors (Lipinski definition) is 3. The van der Waals surface area contributed by atoms with Crippen LogP contribution in [0.15, 0.2) is 186 Å². The summed E-state index contributed by atoms with van der Waals surface area (Å²) in [6.07, 6.45) is 0. The van der Waals surface area contributed by atoms with Crippen molar-refractivity contribution in [3.63, 3.8) is 0 Å². The van der Waals surface area contributed by atoms with E-state index < -0.39 is 5.41 Å². The van der Waals surface area contributed by atoms with Gasteiger partial charge in [0, 0.05) is 44.0 Å². The minimum Gasteiger partial charge on any atom is -0.457 e. The molecule has 2 aliphatic heterocycles. The van der Waals surface area contributed by atoms with Gasteiger partial charge in [0.25, 0.3) is 0 Å². The number of nitrogens with zero attached hydrogens (tertiary/aromatic N) is 2. The average Bonchev–Trinajstić information content (AvgIpc) is 3.75. The average molecular weight is 679 g/mol. The van der Waals surface area contributed by atoms with Gasteiger partial charge in [0.05, 0.1) is 27.8 Å². The van der Waals surface area contributed by atoms with E-state index in [1.807, 2.05) is 12.1 Å². The normalized spacial score (nSPS) is 13.9. The molecule has 12 rings (SSSR count). The minimum atomic E-state index is -0.664. The number of anilines is 3. The summed E-state index contributed by atoms with van der Waals surface area (Å²) in [6.45, 7) is 0. The summed E-state index contributed by atoms with van der Waals surface area (Å²) < 4.78 is 15.7. The highest BCUT2D eigenvalue weighted by Gasteiger charge is 2.51. The van der Waals surface area contributed by atoms with Crippen molar-refractivity contribution >= 4 is 60.8 Å². The summed E-state index contributed by atoms with van der Waals surface area (Å²) in [4.78, 5) is 2.41. The van der Waals surface area contributed by atoms with E-state index in [-0.39, 0.29) is 0 Å². The van der Waals surface area contributed by atoms with Crippen LogP contribution in [-0.4, -0.2) is 4.57 Å². The third-order valence-electron chi connectivity index (χ3n) is 11.4. The molecule has 0 saturated heterocycles. The smallest absolute Gasteiger partial charge is 0.135 e. The first-order chi connectivity index (χ1) is 26.3. The van der Waals surface area contributed by atoms with E-state index in [0.29, 0.717) is 0 Å². The number of para-hydroxylation sites is 6. The fourth-order valence-corrected chi connectivity index (χ4v) is 9.31. The summed E-state index contributed by atoms with van der Waals surface area (Å²) in [5, 5.41) is 4.55. The van der Waals surface area contributed by atoms with Crippen LogP contribution >= 0.6 is 0 Å². The molecule has 53 heavy (non-hydrogen) atoms. The van der Waals surface area contributed by atoms with Crippen LogP contribution < -0.4 is 9.64 Å². The quantitative estimate of drug-likeness (QED) is 0.182. The highest BCUT2D eigenvalue weighted by Crippen LogP contribution is 2.63. The van der Waals surface area contributed by atoms with Gasteiger partial charge in [0.1, 0.15) is 22.7 Å². The third-order valence-corrected chi connectivity index (χ3v) is 11.4. The van der Waals surface area contributed by atoms with Crippen LogP contribution in [0.1, 0.15) is 22.3 Å². The lowest BCUT2D eigenvalue weighted by Crippen LogP contribution is -2.39. The molecule has 4 heterocycles. The van der Waals surface area contributed by atoms with Gasteiger partial charge in [-0.05, 0) is 83.9 Å². The molecule has 0 radical (unpaired) electrons. The Labute approximate surface area is 305 Å². The molecule has 8 aromatic carbocycles. The fourth-order valence-electron chi connectivity index (χ4n) is 9.31. The van der Waals surface area contributed by atoms with Crippen molar-refractivity contribution < 1.29 is 9.15 Å². The molecule has 248 valence electrons. The van der Waals surface area contributed by atoms with Gasteiger partial charge in [-0.1, -0.05) is 109 Å². The zero-order chi connectivity index (χ0) is 34.7. The second kappa shape index (κ2) is 10.5. The highest BCUT2D eigenvalue weighted by atomic mass is 16.5. The predicted octanol–water partition coefficient (Wildman–Crippen LogP) is 13.0. The van der Waals surface area contributed by atoms with Crippen LogP contribution in [0.2, 0.25) is 0 Å². The topological polar surface area (TPSA) is 30.5 Å². The molecule has 4 nitrogen and oxygen atoms in total. The summed E-state index contributed by atoms with van der Waals surface area (Å²) in [7, 11) is 0. The number of ether oxygens (including phenoxy) is 1. The summed E-state index contributed by atoms with van der Waals surface area (Å²) in [5.41, 5.74) is 12.6. The maximum Gasteiger partial charge on any atom is 0.135 e. The van der Waals surface area contributed by atoms with Gasteiger partial charge in [-0.15, -0.1) is 0 Å². The number of rotatable bonds is 2. The summed E-state index contributed by atoms with van der Waals surface area (Å²) >= 11 is 0. The lowest BCUT2D eigenvalue weighted by Gasteiger charge is -2.48. The standard InChI is InChI=1S/C49H30N2O2/c1-2-14-31(15-3-1)50-42-22-10-6-18-37(42)49(38-19-7-11-23-43(38)50)39-20-8-13-25-47(39)53-48-29-35-33-16-4-9-21-41(33)51(44(35)30-40(48)49)32-26-27-46-36(28-32)34-17-5-12-24-45(34)52-46/h1-30H. The third kappa shape index (κ3) is 3.74. The van der Waals surface area contributed by atoms with Crippen molar-refractivity contribution in [3.8, 4) is 17.2 Å². The summed E-state index contributed by atoms with van der Waals surface area (Å²) in [6, 6.07) is 65.3. The molecular formula is C49H30N2O2. The van der Waals surface area contributed by atoms with Crippen molar-refractivity contribution in [1.82, 2.24) is 4.57 Å².